The fraction of sp³-hybridized carbons (Fsp3) is 0.645. The maximum Gasteiger partial charge on any atom is 0.362 e. The van der Waals surface area contributed by atoms with Gasteiger partial charge < -0.3 is 18.9 Å². The van der Waals surface area contributed by atoms with Crippen molar-refractivity contribution in [2.24, 2.45) is 17.0 Å². The Bertz CT molecular complexity index is 1380. The van der Waals surface area contributed by atoms with E-state index < -0.39 is 11.9 Å². The maximum atomic E-state index is 14.3. The molecule has 2 unspecified atom stereocenters. The van der Waals surface area contributed by atoms with Crippen molar-refractivity contribution in [1.29, 1.82) is 0 Å². The molecule has 1 aromatic heterocycles. The molecule has 2 saturated carbocycles. The Hall–Kier alpha value is -3.27. The number of esters is 2. The number of carbonyl (C=O) groups excluding carboxylic acids is 2. The highest BCUT2D eigenvalue weighted by molar-refractivity contribution is 6.42. The van der Waals surface area contributed by atoms with E-state index in [1.165, 1.54) is 52.6 Å². The number of fused-ring (bicyclic) bond motifs is 5. The van der Waals surface area contributed by atoms with E-state index in [2.05, 4.69) is 15.0 Å². The van der Waals surface area contributed by atoms with Crippen LogP contribution in [0.4, 0.5) is 0 Å². The van der Waals surface area contributed by atoms with Crippen LogP contribution in [-0.4, -0.2) is 70.6 Å². The van der Waals surface area contributed by atoms with Gasteiger partial charge in [0.2, 0.25) is 5.71 Å². The highest BCUT2D eigenvalue weighted by Crippen LogP contribution is 2.49. The second-order valence-corrected chi connectivity index (χ2v) is 12.2. The molecule has 0 amide bonds. The number of hydrogen-bond acceptors (Lipinski definition) is 9. The standard InChI is InChI=1S/C31H40N4O6/c1-19(36)40-13-14-41-33-29(31(38)39-2)28-30(37)35(25-11-4-3-10-24(25)32-28)27-18-22-9-6-12-26(27)34(22)23-16-20-7-5-8-21(15-20)17-23/h3-4,10-11,20-23,26-27H,5-9,12-18H2,1-2H3/b33-29-/t20?,21?,22-,23?,26+,27+/m0/s1. The minimum absolute atomic E-state index is 0.0211. The largest absolute Gasteiger partial charge is 0.464 e. The van der Waals surface area contributed by atoms with E-state index in [1.54, 1.807) is 0 Å². The smallest absolute Gasteiger partial charge is 0.362 e. The molecule has 10 heteroatoms. The first-order chi connectivity index (χ1) is 19.9. The average molecular weight is 565 g/mol. The number of carbonyl (C=O) groups is 2. The Morgan fingerprint density at radius 2 is 1.71 bits per heavy atom. The zero-order chi connectivity index (χ0) is 28.5. The molecule has 220 valence electrons. The molecule has 2 aromatic rings. The first-order valence-electron chi connectivity index (χ1n) is 15.1. The van der Waals surface area contributed by atoms with Gasteiger partial charge in [-0.2, -0.15) is 0 Å². The van der Waals surface area contributed by atoms with Gasteiger partial charge in [-0.05, 0) is 62.5 Å². The molecule has 4 bridgehead atoms. The predicted molar refractivity (Wildman–Crippen MR) is 153 cm³/mol. The summed E-state index contributed by atoms with van der Waals surface area (Å²) in [6.07, 6.45) is 12.3. The Morgan fingerprint density at radius 1 is 0.951 bits per heavy atom. The normalized spacial score (nSPS) is 29.8. The van der Waals surface area contributed by atoms with Crippen LogP contribution in [0.15, 0.2) is 34.2 Å². The third-order valence-electron chi connectivity index (χ3n) is 9.69. The van der Waals surface area contributed by atoms with Gasteiger partial charge in [-0.15, -0.1) is 0 Å². The van der Waals surface area contributed by atoms with E-state index in [-0.39, 0.29) is 42.3 Å². The van der Waals surface area contributed by atoms with Gasteiger partial charge in [-0.3, -0.25) is 14.5 Å². The number of oxime groups is 1. The summed E-state index contributed by atoms with van der Waals surface area (Å²) in [4.78, 5) is 50.9. The Kier molecular flexibility index (Phi) is 8.10. The first-order valence-corrected chi connectivity index (χ1v) is 15.1. The summed E-state index contributed by atoms with van der Waals surface area (Å²) in [7, 11) is 1.23. The topological polar surface area (TPSA) is 112 Å². The molecule has 3 heterocycles. The fourth-order valence-corrected chi connectivity index (χ4v) is 8.23. The molecule has 5 atom stereocenters. The number of rotatable bonds is 8. The quantitative estimate of drug-likeness (QED) is 0.205. The highest BCUT2D eigenvalue weighted by atomic mass is 16.6. The second-order valence-electron chi connectivity index (χ2n) is 12.2. The fourth-order valence-electron chi connectivity index (χ4n) is 8.23. The Labute approximate surface area is 240 Å². The van der Waals surface area contributed by atoms with Gasteiger partial charge in [-0.25, -0.2) is 9.78 Å². The zero-order valence-electron chi connectivity index (χ0n) is 24.0. The minimum atomic E-state index is -0.815. The van der Waals surface area contributed by atoms with Crippen molar-refractivity contribution in [1.82, 2.24) is 14.5 Å². The van der Waals surface area contributed by atoms with Gasteiger partial charge in [0, 0.05) is 25.0 Å². The predicted octanol–water partition coefficient (Wildman–Crippen LogP) is 3.99. The van der Waals surface area contributed by atoms with E-state index >= 15 is 0 Å². The number of piperidine rings is 1. The van der Waals surface area contributed by atoms with Crippen molar-refractivity contribution < 1.29 is 23.9 Å². The summed E-state index contributed by atoms with van der Waals surface area (Å²) in [5.74, 6) is 0.410. The lowest BCUT2D eigenvalue weighted by Gasteiger charge is -2.48. The summed E-state index contributed by atoms with van der Waals surface area (Å²) in [5, 5.41) is 3.95. The van der Waals surface area contributed by atoms with Crippen molar-refractivity contribution >= 4 is 28.7 Å². The lowest BCUT2D eigenvalue weighted by atomic mass is 9.69. The average Bonchev–Trinajstić information content (AvgIpc) is 3.18. The number of ether oxygens (including phenoxy) is 2. The molecule has 4 fully saturated rings. The molecule has 4 aliphatic rings. The molecular weight excluding hydrogens is 524 g/mol. The van der Waals surface area contributed by atoms with Crippen molar-refractivity contribution in [3.63, 3.8) is 0 Å². The Balaban J connectivity index is 1.37. The molecule has 0 radical (unpaired) electrons. The Morgan fingerprint density at radius 3 is 2.46 bits per heavy atom. The van der Waals surface area contributed by atoms with Crippen molar-refractivity contribution in [2.75, 3.05) is 20.3 Å². The van der Waals surface area contributed by atoms with Crippen LogP contribution in [0.5, 0.6) is 0 Å². The van der Waals surface area contributed by atoms with Crippen LogP contribution >= 0.6 is 0 Å². The van der Waals surface area contributed by atoms with Crippen molar-refractivity contribution in [2.45, 2.75) is 95.3 Å². The van der Waals surface area contributed by atoms with Gasteiger partial charge >= 0.3 is 11.9 Å². The van der Waals surface area contributed by atoms with E-state index in [0.717, 1.165) is 43.0 Å². The van der Waals surface area contributed by atoms with Crippen molar-refractivity contribution in [3.8, 4) is 0 Å². The molecule has 0 spiro atoms. The molecule has 10 nitrogen and oxygen atoms in total. The zero-order valence-corrected chi connectivity index (χ0v) is 24.0. The molecule has 2 aliphatic carbocycles. The third kappa shape index (κ3) is 5.50. The molecule has 2 aliphatic heterocycles. The van der Waals surface area contributed by atoms with Gasteiger partial charge in [0.25, 0.3) is 5.56 Å². The van der Waals surface area contributed by atoms with Crippen LogP contribution in [0.1, 0.15) is 82.9 Å². The van der Waals surface area contributed by atoms with Crippen LogP contribution in [0.3, 0.4) is 0 Å². The maximum absolute atomic E-state index is 14.3. The minimum Gasteiger partial charge on any atom is -0.464 e. The monoisotopic (exact) mass is 564 g/mol. The number of methoxy groups -OCH3 is 1. The van der Waals surface area contributed by atoms with Crippen LogP contribution in [0.2, 0.25) is 0 Å². The van der Waals surface area contributed by atoms with Gasteiger partial charge in [0.15, 0.2) is 12.3 Å². The molecule has 6 rings (SSSR count). The molecule has 1 aromatic carbocycles. The number of benzene rings is 1. The molecular formula is C31H40N4O6. The molecule has 0 N–H and O–H groups in total. The van der Waals surface area contributed by atoms with Gasteiger partial charge in [0.05, 0.1) is 24.2 Å². The summed E-state index contributed by atoms with van der Waals surface area (Å²) in [6, 6.07) is 8.89. The van der Waals surface area contributed by atoms with E-state index in [4.69, 9.17) is 14.3 Å². The van der Waals surface area contributed by atoms with E-state index in [1.807, 2.05) is 28.8 Å². The van der Waals surface area contributed by atoms with Crippen LogP contribution in [0, 0.1) is 11.8 Å². The first kappa shape index (κ1) is 27.9. The molecule has 2 saturated heterocycles. The number of para-hydroxylation sites is 2. The number of aromatic nitrogens is 2. The third-order valence-corrected chi connectivity index (χ3v) is 9.69. The summed E-state index contributed by atoms with van der Waals surface area (Å²) in [6.45, 7) is 1.18. The highest BCUT2D eigenvalue weighted by Gasteiger charge is 2.49. The van der Waals surface area contributed by atoms with Crippen molar-refractivity contribution in [3.05, 3.63) is 40.3 Å². The lowest BCUT2D eigenvalue weighted by molar-refractivity contribution is -0.142. The van der Waals surface area contributed by atoms with Gasteiger partial charge in [-0.1, -0.05) is 43.0 Å². The summed E-state index contributed by atoms with van der Waals surface area (Å²) < 4.78 is 11.7. The summed E-state index contributed by atoms with van der Waals surface area (Å²) in [5.41, 5.74) is 0.619. The van der Waals surface area contributed by atoms with Crippen LogP contribution in [0.25, 0.3) is 11.0 Å². The number of nitrogens with zero attached hydrogens (tertiary/aromatic N) is 4. The van der Waals surface area contributed by atoms with E-state index in [9.17, 15) is 14.4 Å². The van der Waals surface area contributed by atoms with Gasteiger partial charge in [0.1, 0.15) is 6.61 Å². The van der Waals surface area contributed by atoms with E-state index in [0.29, 0.717) is 17.6 Å². The second kappa shape index (κ2) is 11.9. The summed E-state index contributed by atoms with van der Waals surface area (Å²) >= 11 is 0. The SMILES string of the molecule is COC(=O)/C(=N\OCCOC(C)=O)c1nc2ccccc2n([C@@H]2C[C@@H]3CCC[C@H]2N3C2CC3CCCC(C3)C2)c1=O. The number of hydrogen-bond donors (Lipinski definition) is 0. The van der Waals surface area contributed by atoms with Crippen LogP contribution in [-0.2, 0) is 23.9 Å². The lowest BCUT2D eigenvalue weighted by Crippen LogP contribution is -2.51. The van der Waals surface area contributed by atoms with Crippen LogP contribution < -0.4 is 5.56 Å². The molecule has 41 heavy (non-hydrogen) atoms.